The van der Waals surface area contributed by atoms with Crippen LogP contribution in [-0.4, -0.2) is 30.9 Å². The Kier molecular flexibility index (Phi) is 6.03. The molecule has 0 aromatic rings. The number of carbonyl (C=O) groups is 2. The number of carbonyl (C=O) groups excluding carboxylic acids is 2. The van der Waals surface area contributed by atoms with Crippen LogP contribution in [-0.2, 0) is 9.59 Å². The molecule has 1 atom stereocenters. The molecule has 0 aliphatic carbocycles. The van der Waals surface area contributed by atoms with E-state index in [1.807, 2.05) is 20.8 Å². The zero-order chi connectivity index (χ0) is 12.8. The van der Waals surface area contributed by atoms with E-state index in [9.17, 15) is 9.59 Å². The van der Waals surface area contributed by atoms with E-state index in [1.165, 1.54) is 6.92 Å². The molecule has 0 spiro atoms. The summed E-state index contributed by atoms with van der Waals surface area (Å²) < 4.78 is 0. The zero-order valence-corrected chi connectivity index (χ0v) is 10.6. The van der Waals surface area contributed by atoms with Gasteiger partial charge in [0.2, 0.25) is 11.8 Å². The van der Waals surface area contributed by atoms with Crippen molar-refractivity contribution in [2.24, 2.45) is 11.1 Å². The molecule has 0 fully saturated rings. The summed E-state index contributed by atoms with van der Waals surface area (Å²) in [7, 11) is 0. The molecule has 1 unspecified atom stereocenters. The summed E-state index contributed by atoms with van der Waals surface area (Å²) in [6.07, 6.45) is 0.309. The SMILES string of the molecule is CC(=O)NCCNC(=O)CC(N)C(C)(C)C. The zero-order valence-electron chi connectivity index (χ0n) is 10.6. The standard InChI is InChI=1S/C11H23N3O2/c1-8(15)13-5-6-14-10(16)7-9(12)11(2,3)4/h9H,5-7,12H2,1-4H3,(H,13,15)(H,14,16). The highest BCUT2D eigenvalue weighted by Crippen LogP contribution is 2.19. The summed E-state index contributed by atoms with van der Waals surface area (Å²) in [4.78, 5) is 22.0. The lowest BCUT2D eigenvalue weighted by atomic mass is 9.85. The number of nitrogens with one attached hydrogen (secondary N) is 2. The largest absolute Gasteiger partial charge is 0.355 e. The second kappa shape index (κ2) is 6.48. The van der Waals surface area contributed by atoms with Gasteiger partial charge in [0.1, 0.15) is 0 Å². The summed E-state index contributed by atoms with van der Waals surface area (Å²) in [5.41, 5.74) is 5.80. The number of hydrogen-bond acceptors (Lipinski definition) is 3. The highest BCUT2D eigenvalue weighted by Gasteiger charge is 2.22. The van der Waals surface area contributed by atoms with Crippen molar-refractivity contribution in [1.29, 1.82) is 0 Å². The van der Waals surface area contributed by atoms with Crippen LogP contribution in [0.3, 0.4) is 0 Å². The minimum Gasteiger partial charge on any atom is -0.355 e. The summed E-state index contributed by atoms with van der Waals surface area (Å²) >= 11 is 0. The molecule has 0 saturated carbocycles. The van der Waals surface area contributed by atoms with Crippen molar-refractivity contribution in [3.8, 4) is 0 Å². The quantitative estimate of drug-likeness (QED) is 0.580. The lowest BCUT2D eigenvalue weighted by Gasteiger charge is -2.26. The van der Waals surface area contributed by atoms with Crippen LogP contribution >= 0.6 is 0 Å². The predicted molar refractivity (Wildman–Crippen MR) is 63.7 cm³/mol. The van der Waals surface area contributed by atoms with Gasteiger partial charge in [-0.05, 0) is 5.41 Å². The van der Waals surface area contributed by atoms with E-state index in [0.717, 1.165) is 0 Å². The first-order valence-electron chi connectivity index (χ1n) is 5.50. The summed E-state index contributed by atoms with van der Waals surface area (Å²) in [6, 6.07) is -0.159. The summed E-state index contributed by atoms with van der Waals surface area (Å²) in [6.45, 7) is 8.34. The molecular weight excluding hydrogens is 206 g/mol. The van der Waals surface area contributed by atoms with Crippen LogP contribution < -0.4 is 16.4 Å². The molecule has 94 valence electrons. The van der Waals surface area contributed by atoms with Crippen LogP contribution in [0.2, 0.25) is 0 Å². The van der Waals surface area contributed by atoms with E-state index in [1.54, 1.807) is 0 Å². The maximum Gasteiger partial charge on any atom is 0.221 e. The second-order valence-electron chi connectivity index (χ2n) is 5.01. The van der Waals surface area contributed by atoms with E-state index in [4.69, 9.17) is 5.73 Å². The smallest absolute Gasteiger partial charge is 0.221 e. The number of hydrogen-bond donors (Lipinski definition) is 3. The van der Waals surface area contributed by atoms with Crippen molar-refractivity contribution in [1.82, 2.24) is 10.6 Å². The maximum atomic E-state index is 11.4. The van der Waals surface area contributed by atoms with Gasteiger partial charge in [0.05, 0.1) is 0 Å². The van der Waals surface area contributed by atoms with Gasteiger partial charge >= 0.3 is 0 Å². The van der Waals surface area contributed by atoms with E-state index in [0.29, 0.717) is 19.5 Å². The molecule has 0 rings (SSSR count). The molecule has 4 N–H and O–H groups in total. The molecule has 0 aromatic heterocycles. The first-order chi connectivity index (χ1) is 7.23. The summed E-state index contributed by atoms with van der Waals surface area (Å²) in [5.74, 6) is -0.173. The number of amides is 2. The van der Waals surface area contributed by atoms with Crippen molar-refractivity contribution in [2.45, 2.75) is 40.2 Å². The van der Waals surface area contributed by atoms with Gasteiger partial charge in [0, 0.05) is 32.5 Å². The normalized spacial score (nSPS) is 13.1. The molecule has 0 heterocycles. The van der Waals surface area contributed by atoms with E-state index >= 15 is 0 Å². The van der Waals surface area contributed by atoms with Crippen molar-refractivity contribution in [3.63, 3.8) is 0 Å². The third-order valence-electron chi connectivity index (χ3n) is 2.34. The minimum absolute atomic E-state index is 0.0744. The van der Waals surface area contributed by atoms with Gasteiger partial charge < -0.3 is 16.4 Å². The molecule has 5 heteroatoms. The average molecular weight is 229 g/mol. The molecule has 0 aliphatic heterocycles. The number of nitrogens with two attached hydrogens (primary N) is 1. The molecule has 0 saturated heterocycles. The topological polar surface area (TPSA) is 84.2 Å². The Balaban J connectivity index is 3.71. The third kappa shape index (κ3) is 7.23. The van der Waals surface area contributed by atoms with Gasteiger partial charge in [-0.25, -0.2) is 0 Å². The molecule has 0 radical (unpaired) electrons. The Labute approximate surface area is 97.2 Å². The maximum absolute atomic E-state index is 11.4. The van der Waals surface area contributed by atoms with Gasteiger partial charge in [-0.15, -0.1) is 0 Å². The van der Waals surface area contributed by atoms with E-state index in [-0.39, 0.29) is 23.3 Å². The average Bonchev–Trinajstić information content (AvgIpc) is 2.10. The molecular formula is C11H23N3O2. The highest BCUT2D eigenvalue weighted by molar-refractivity contribution is 5.76. The van der Waals surface area contributed by atoms with Gasteiger partial charge in [-0.3, -0.25) is 9.59 Å². The monoisotopic (exact) mass is 229 g/mol. The van der Waals surface area contributed by atoms with Crippen LogP contribution in [0.4, 0.5) is 0 Å². The van der Waals surface area contributed by atoms with Crippen molar-refractivity contribution >= 4 is 11.8 Å². The lowest BCUT2D eigenvalue weighted by Crippen LogP contribution is -2.41. The van der Waals surface area contributed by atoms with Crippen molar-refractivity contribution < 1.29 is 9.59 Å². The van der Waals surface area contributed by atoms with Crippen molar-refractivity contribution in [3.05, 3.63) is 0 Å². The fraction of sp³-hybridized carbons (Fsp3) is 0.818. The molecule has 5 nitrogen and oxygen atoms in total. The van der Waals surface area contributed by atoms with Crippen molar-refractivity contribution in [2.75, 3.05) is 13.1 Å². The molecule has 2 amide bonds. The van der Waals surface area contributed by atoms with E-state index in [2.05, 4.69) is 10.6 Å². The van der Waals surface area contributed by atoms with Crippen LogP contribution in [0.5, 0.6) is 0 Å². The Morgan fingerprint density at radius 2 is 1.69 bits per heavy atom. The molecule has 16 heavy (non-hydrogen) atoms. The van der Waals surface area contributed by atoms with Gasteiger partial charge in [-0.2, -0.15) is 0 Å². The molecule has 0 bridgehead atoms. The first kappa shape index (κ1) is 14.9. The minimum atomic E-state index is -0.159. The van der Waals surface area contributed by atoms with Gasteiger partial charge in [0.25, 0.3) is 0 Å². The van der Waals surface area contributed by atoms with Crippen LogP contribution in [0, 0.1) is 5.41 Å². The number of rotatable bonds is 5. The highest BCUT2D eigenvalue weighted by atomic mass is 16.2. The predicted octanol–water partition coefficient (Wildman–Crippen LogP) is 0.00220. The molecule has 0 aromatic carbocycles. The second-order valence-corrected chi connectivity index (χ2v) is 5.01. The first-order valence-corrected chi connectivity index (χ1v) is 5.50. The Morgan fingerprint density at radius 1 is 1.19 bits per heavy atom. The fourth-order valence-corrected chi connectivity index (χ4v) is 1.02. The van der Waals surface area contributed by atoms with Crippen LogP contribution in [0.1, 0.15) is 34.1 Å². The third-order valence-corrected chi connectivity index (χ3v) is 2.34. The van der Waals surface area contributed by atoms with E-state index < -0.39 is 0 Å². The fourth-order valence-electron chi connectivity index (χ4n) is 1.02. The Morgan fingerprint density at radius 3 is 2.12 bits per heavy atom. The van der Waals surface area contributed by atoms with Crippen LogP contribution in [0.25, 0.3) is 0 Å². The van der Waals surface area contributed by atoms with Gasteiger partial charge in [0.15, 0.2) is 0 Å². The van der Waals surface area contributed by atoms with Crippen LogP contribution in [0.15, 0.2) is 0 Å². The summed E-state index contributed by atoms with van der Waals surface area (Å²) in [5, 5.41) is 5.31. The Hall–Kier alpha value is -1.10. The lowest BCUT2D eigenvalue weighted by molar-refractivity contribution is -0.122. The van der Waals surface area contributed by atoms with Gasteiger partial charge in [-0.1, -0.05) is 20.8 Å². The Bertz CT molecular complexity index is 246. The molecule has 0 aliphatic rings.